The zero-order valence-electron chi connectivity index (χ0n) is 8.79. The van der Waals surface area contributed by atoms with Crippen LogP contribution in [0.3, 0.4) is 0 Å². The minimum absolute atomic E-state index is 0.0916. The van der Waals surface area contributed by atoms with Crippen molar-refractivity contribution in [3.63, 3.8) is 0 Å². The van der Waals surface area contributed by atoms with E-state index in [4.69, 9.17) is 10.8 Å². The number of anilines is 1. The predicted molar refractivity (Wildman–Crippen MR) is 59.9 cm³/mol. The van der Waals surface area contributed by atoms with Crippen LogP contribution in [0.25, 0.3) is 0 Å². The molecule has 0 aromatic heterocycles. The van der Waals surface area contributed by atoms with Crippen LogP contribution in [0.5, 0.6) is 0 Å². The van der Waals surface area contributed by atoms with Gasteiger partial charge >= 0.3 is 0 Å². The van der Waals surface area contributed by atoms with Crippen LogP contribution >= 0.6 is 0 Å². The molecule has 0 heterocycles. The van der Waals surface area contributed by atoms with Crippen molar-refractivity contribution in [2.24, 2.45) is 5.73 Å². The van der Waals surface area contributed by atoms with Crippen molar-refractivity contribution in [1.82, 2.24) is 0 Å². The molecule has 0 radical (unpaired) electrons. The molecule has 15 heavy (non-hydrogen) atoms. The third-order valence-electron chi connectivity index (χ3n) is 2.14. The molecular formula is C11H16N2O2. The molecule has 0 saturated carbocycles. The molecule has 0 unspecified atom stereocenters. The van der Waals surface area contributed by atoms with E-state index >= 15 is 0 Å². The first-order valence-corrected chi connectivity index (χ1v) is 4.96. The number of nitrogens with one attached hydrogen (secondary N) is 1. The van der Waals surface area contributed by atoms with Crippen LogP contribution in [0.2, 0.25) is 0 Å². The van der Waals surface area contributed by atoms with Crippen molar-refractivity contribution in [2.45, 2.75) is 13.3 Å². The summed E-state index contributed by atoms with van der Waals surface area (Å²) in [7, 11) is 0. The highest BCUT2D eigenvalue weighted by molar-refractivity contribution is 5.94. The Morgan fingerprint density at radius 3 is 2.80 bits per heavy atom. The monoisotopic (exact) mass is 208 g/mol. The summed E-state index contributed by atoms with van der Waals surface area (Å²) in [4.78, 5) is 11.0. The maximum Gasteiger partial charge on any atom is 0.248 e. The summed E-state index contributed by atoms with van der Waals surface area (Å²) in [5.41, 5.74) is 7.52. The standard InChI is InChI=1S/C11H16N2O2/c1-2-13-10-7-9(11(12)15)4-3-8(10)5-6-14/h3-4,7,13-14H,2,5-6H2,1H3,(H2,12,15). The molecule has 1 amide bonds. The maximum absolute atomic E-state index is 11.0. The number of aliphatic hydroxyl groups excluding tert-OH is 1. The van der Waals surface area contributed by atoms with Crippen LogP contribution in [-0.2, 0) is 6.42 Å². The van der Waals surface area contributed by atoms with Crippen LogP contribution in [-0.4, -0.2) is 24.2 Å². The molecule has 1 rings (SSSR count). The lowest BCUT2D eigenvalue weighted by Gasteiger charge is -2.10. The van der Waals surface area contributed by atoms with Gasteiger partial charge in [0.25, 0.3) is 0 Å². The number of hydrogen-bond donors (Lipinski definition) is 3. The molecule has 0 spiro atoms. The molecule has 1 aromatic carbocycles. The number of hydrogen-bond acceptors (Lipinski definition) is 3. The van der Waals surface area contributed by atoms with Crippen LogP contribution in [0.15, 0.2) is 18.2 Å². The van der Waals surface area contributed by atoms with Gasteiger partial charge in [-0.1, -0.05) is 6.07 Å². The fourth-order valence-corrected chi connectivity index (χ4v) is 1.42. The highest BCUT2D eigenvalue weighted by Gasteiger charge is 2.05. The zero-order chi connectivity index (χ0) is 11.3. The van der Waals surface area contributed by atoms with E-state index in [0.29, 0.717) is 12.0 Å². The summed E-state index contributed by atoms with van der Waals surface area (Å²) < 4.78 is 0. The van der Waals surface area contributed by atoms with Crippen LogP contribution in [0.4, 0.5) is 5.69 Å². The van der Waals surface area contributed by atoms with Gasteiger partial charge in [0.15, 0.2) is 0 Å². The Balaban J connectivity index is 3.02. The number of nitrogens with two attached hydrogens (primary N) is 1. The second-order valence-corrected chi connectivity index (χ2v) is 3.24. The molecule has 0 fully saturated rings. The van der Waals surface area contributed by atoms with Gasteiger partial charge in [-0.2, -0.15) is 0 Å². The van der Waals surface area contributed by atoms with E-state index < -0.39 is 5.91 Å². The van der Waals surface area contributed by atoms with Crippen molar-refractivity contribution in [1.29, 1.82) is 0 Å². The SMILES string of the molecule is CCNc1cc(C(N)=O)ccc1CCO. The fraction of sp³-hybridized carbons (Fsp3) is 0.364. The normalized spacial score (nSPS) is 10.0. The van der Waals surface area contributed by atoms with Gasteiger partial charge in [-0.25, -0.2) is 0 Å². The lowest BCUT2D eigenvalue weighted by atomic mass is 10.1. The van der Waals surface area contributed by atoms with Gasteiger partial charge in [-0.15, -0.1) is 0 Å². The molecule has 82 valence electrons. The Morgan fingerprint density at radius 1 is 1.53 bits per heavy atom. The van der Waals surface area contributed by atoms with E-state index in [2.05, 4.69) is 5.32 Å². The Kier molecular flexibility index (Phi) is 4.12. The summed E-state index contributed by atoms with van der Waals surface area (Å²) >= 11 is 0. The van der Waals surface area contributed by atoms with Gasteiger partial charge < -0.3 is 16.2 Å². The fourth-order valence-electron chi connectivity index (χ4n) is 1.42. The molecule has 0 aliphatic heterocycles. The molecule has 0 aliphatic carbocycles. The van der Waals surface area contributed by atoms with Gasteiger partial charge in [0.2, 0.25) is 5.91 Å². The van der Waals surface area contributed by atoms with Crippen LogP contribution < -0.4 is 11.1 Å². The van der Waals surface area contributed by atoms with Crippen LogP contribution in [0, 0.1) is 0 Å². The Morgan fingerprint density at radius 2 is 2.27 bits per heavy atom. The number of aliphatic hydroxyl groups is 1. The van der Waals surface area contributed by atoms with Gasteiger partial charge in [-0.3, -0.25) is 4.79 Å². The molecule has 0 saturated heterocycles. The minimum atomic E-state index is -0.440. The molecule has 4 nitrogen and oxygen atoms in total. The average molecular weight is 208 g/mol. The quantitative estimate of drug-likeness (QED) is 0.668. The highest BCUT2D eigenvalue weighted by Crippen LogP contribution is 2.18. The maximum atomic E-state index is 11.0. The Labute approximate surface area is 89.1 Å². The number of carbonyl (C=O) groups excluding carboxylic acids is 1. The minimum Gasteiger partial charge on any atom is -0.396 e. The van der Waals surface area contributed by atoms with Crippen molar-refractivity contribution < 1.29 is 9.90 Å². The summed E-state index contributed by atoms with van der Waals surface area (Å²) in [6.45, 7) is 2.83. The second kappa shape index (κ2) is 5.36. The van der Waals surface area contributed by atoms with Crippen LogP contribution in [0.1, 0.15) is 22.8 Å². The molecule has 4 N–H and O–H groups in total. The highest BCUT2D eigenvalue weighted by atomic mass is 16.3. The third-order valence-corrected chi connectivity index (χ3v) is 2.14. The Bertz CT molecular complexity index is 350. The van der Waals surface area contributed by atoms with Gasteiger partial charge in [0, 0.05) is 24.4 Å². The van der Waals surface area contributed by atoms with Crippen molar-refractivity contribution in [2.75, 3.05) is 18.5 Å². The van der Waals surface area contributed by atoms with E-state index in [1.165, 1.54) is 0 Å². The largest absolute Gasteiger partial charge is 0.396 e. The van der Waals surface area contributed by atoms with E-state index in [-0.39, 0.29) is 6.61 Å². The van der Waals surface area contributed by atoms with Crippen molar-refractivity contribution in [3.05, 3.63) is 29.3 Å². The van der Waals surface area contributed by atoms with Gasteiger partial charge in [0.05, 0.1) is 0 Å². The zero-order valence-corrected chi connectivity index (χ0v) is 8.79. The number of rotatable bonds is 5. The summed E-state index contributed by atoms with van der Waals surface area (Å²) in [6.07, 6.45) is 0.571. The lowest BCUT2D eigenvalue weighted by Crippen LogP contribution is -2.12. The molecule has 4 heteroatoms. The lowest BCUT2D eigenvalue weighted by molar-refractivity contribution is 0.100. The summed E-state index contributed by atoms with van der Waals surface area (Å²) in [6, 6.07) is 5.21. The number of carbonyl (C=O) groups is 1. The topological polar surface area (TPSA) is 75.3 Å². The summed E-state index contributed by atoms with van der Waals surface area (Å²) in [5.74, 6) is -0.440. The first-order chi connectivity index (χ1) is 7.19. The number of benzene rings is 1. The second-order valence-electron chi connectivity index (χ2n) is 3.24. The van der Waals surface area contributed by atoms with Gasteiger partial charge in [0.1, 0.15) is 0 Å². The van der Waals surface area contributed by atoms with Crippen molar-refractivity contribution in [3.8, 4) is 0 Å². The Hall–Kier alpha value is -1.55. The summed E-state index contributed by atoms with van der Waals surface area (Å²) in [5, 5.41) is 12.0. The third kappa shape index (κ3) is 2.95. The smallest absolute Gasteiger partial charge is 0.248 e. The average Bonchev–Trinajstić information content (AvgIpc) is 2.21. The first-order valence-electron chi connectivity index (χ1n) is 4.96. The van der Waals surface area contributed by atoms with Crippen molar-refractivity contribution >= 4 is 11.6 Å². The molecule has 0 atom stereocenters. The van der Waals surface area contributed by atoms with E-state index in [9.17, 15) is 4.79 Å². The van der Waals surface area contributed by atoms with E-state index in [1.807, 2.05) is 13.0 Å². The molecule has 0 bridgehead atoms. The molecular weight excluding hydrogens is 192 g/mol. The molecule has 0 aliphatic rings. The predicted octanol–water partition coefficient (Wildman–Crippen LogP) is 0.752. The van der Waals surface area contributed by atoms with Gasteiger partial charge in [-0.05, 0) is 31.0 Å². The number of amides is 1. The van der Waals surface area contributed by atoms with E-state index in [1.54, 1.807) is 12.1 Å². The van der Waals surface area contributed by atoms with E-state index in [0.717, 1.165) is 17.8 Å². The number of primary amides is 1. The molecule has 1 aromatic rings. The first kappa shape index (κ1) is 11.5.